The van der Waals surface area contributed by atoms with Crippen molar-refractivity contribution in [1.29, 1.82) is 0 Å². The van der Waals surface area contributed by atoms with Crippen LogP contribution in [0.5, 0.6) is 11.5 Å². The molecule has 1 saturated heterocycles. The quantitative estimate of drug-likeness (QED) is 0.335. The van der Waals surface area contributed by atoms with Crippen molar-refractivity contribution < 1.29 is 24.2 Å². The van der Waals surface area contributed by atoms with E-state index in [0.717, 1.165) is 5.56 Å². The molecule has 2 heterocycles. The maximum absolute atomic E-state index is 13.1. The van der Waals surface area contributed by atoms with Crippen LogP contribution >= 0.6 is 0 Å². The van der Waals surface area contributed by atoms with Gasteiger partial charge in [0, 0.05) is 24.5 Å². The Labute approximate surface area is 191 Å². The number of methoxy groups -OCH3 is 1. The van der Waals surface area contributed by atoms with Crippen LogP contribution in [0.1, 0.15) is 29.7 Å². The highest BCUT2D eigenvalue weighted by molar-refractivity contribution is 6.46. The first-order valence-electron chi connectivity index (χ1n) is 10.6. The minimum atomic E-state index is -0.761. The number of aliphatic hydroxyl groups is 1. The Bertz CT molecular complexity index is 1170. The number of hydrogen-bond donors (Lipinski definition) is 1. The zero-order valence-electron chi connectivity index (χ0n) is 18.4. The fourth-order valence-electron chi connectivity index (χ4n) is 3.90. The number of ether oxygens (including phenoxy) is 2. The Kier molecular flexibility index (Phi) is 6.40. The maximum atomic E-state index is 13.1. The van der Waals surface area contributed by atoms with Crippen LogP contribution in [-0.4, -0.2) is 40.4 Å². The molecule has 33 heavy (non-hydrogen) atoms. The third kappa shape index (κ3) is 4.43. The van der Waals surface area contributed by atoms with Gasteiger partial charge in [0.15, 0.2) is 0 Å². The van der Waals surface area contributed by atoms with E-state index in [1.54, 1.807) is 74.1 Å². The molecule has 1 unspecified atom stereocenters. The number of carbonyl (C=O) groups is 2. The highest BCUT2D eigenvalue weighted by Gasteiger charge is 2.46. The maximum Gasteiger partial charge on any atom is 0.295 e. The Morgan fingerprint density at radius 2 is 1.73 bits per heavy atom. The van der Waals surface area contributed by atoms with Gasteiger partial charge in [-0.3, -0.25) is 14.6 Å². The highest BCUT2D eigenvalue weighted by atomic mass is 16.5. The second-order valence-electron chi connectivity index (χ2n) is 7.52. The molecular weight excluding hydrogens is 420 g/mol. The SMILES string of the molecule is CCOc1ccc(C(O)=C2C(=O)C(=O)N(Cc3cccnc3)C2c2ccc(OC)cc2)cc1. The number of nitrogens with zero attached hydrogens (tertiary/aromatic N) is 2. The molecule has 168 valence electrons. The fourth-order valence-corrected chi connectivity index (χ4v) is 3.90. The minimum absolute atomic E-state index is 0.0400. The summed E-state index contributed by atoms with van der Waals surface area (Å²) in [6.07, 6.45) is 3.29. The number of aromatic nitrogens is 1. The van der Waals surface area contributed by atoms with Crippen LogP contribution in [0, 0.1) is 0 Å². The van der Waals surface area contributed by atoms with Crippen molar-refractivity contribution in [1.82, 2.24) is 9.88 Å². The van der Waals surface area contributed by atoms with E-state index in [-0.39, 0.29) is 17.9 Å². The lowest BCUT2D eigenvalue weighted by Gasteiger charge is -2.25. The number of amides is 1. The third-order valence-corrected chi connectivity index (χ3v) is 5.49. The van der Waals surface area contributed by atoms with Gasteiger partial charge in [-0.05, 0) is 60.5 Å². The minimum Gasteiger partial charge on any atom is -0.507 e. The van der Waals surface area contributed by atoms with Gasteiger partial charge in [0.05, 0.1) is 25.3 Å². The molecule has 1 N–H and O–H groups in total. The van der Waals surface area contributed by atoms with Crippen LogP contribution < -0.4 is 9.47 Å². The van der Waals surface area contributed by atoms with Gasteiger partial charge in [0.1, 0.15) is 17.3 Å². The first-order chi connectivity index (χ1) is 16.0. The van der Waals surface area contributed by atoms with E-state index in [1.165, 1.54) is 4.90 Å². The lowest BCUT2D eigenvalue weighted by Crippen LogP contribution is -2.29. The number of benzene rings is 2. The van der Waals surface area contributed by atoms with Crippen LogP contribution in [-0.2, 0) is 16.1 Å². The van der Waals surface area contributed by atoms with E-state index in [1.807, 2.05) is 13.0 Å². The average molecular weight is 444 g/mol. The van der Waals surface area contributed by atoms with Crippen molar-refractivity contribution >= 4 is 17.4 Å². The van der Waals surface area contributed by atoms with E-state index < -0.39 is 17.7 Å². The lowest BCUT2D eigenvalue weighted by atomic mass is 9.95. The van der Waals surface area contributed by atoms with Crippen LogP contribution in [0.3, 0.4) is 0 Å². The van der Waals surface area contributed by atoms with E-state index in [9.17, 15) is 14.7 Å². The first kappa shape index (κ1) is 22.1. The van der Waals surface area contributed by atoms with E-state index >= 15 is 0 Å². The zero-order valence-corrected chi connectivity index (χ0v) is 18.4. The highest BCUT2D eigenvalue weighted by Crippen LogP contribution is 2.40. The predicted octanol–water partition coefficient (Wildman–Crippen LogP) is 4.11. The molecular formula is C26H24N2O5. The zero-order chi connectivity index (χ0) is 23.4. The summed E-state index contributed by atoms with van der Waals surface area (Å²) in [6.45, 7) is 2.57. The topological polar surface area (TPSA) is 89.0 Å². The van der Waals surface area contributed by atoms with Gasteiger partial charge in [0.2, 0.25) is 0 Å². The lowest BCUT2D eigenvalue weighted by molar-refractivity contribution is -0.140. The first-order valence-corrected chi connectivity index (χ1v) is 10.6. The average Bonchev–Trinajstić information content (AvgIpc) is 3.10. The molecule has 1 fully saturated rings. The molecule has 7 heteroatoms. The molecule has 0 spiro atoms. The monoisotopic (exact) mass is 444 g/mol. The van der Waals surface area contributed by atoms with E-state index in [2.05, 4.69) is 4.98 Å². The van der Waals surface area contributed by atoms with E-state index in [4.69, 9.17) is 9.47 Å². The Balaban J connectivity index is 1.81. The van der Waals surface area contributed by atoms with Crippen molar-refractivity contribution in [2.45, 2.75) is 19.5 Å². The number of aliphatic hydroxyl groups excluding tert-OH is 1. The molecule has 1 aromatic heterocycles. The summed E-state index contributed by atoms with van der Waals surface area (Å²) in [7, 11) is 1.56. The van der Waals surface area contributed by atoms with Gasteiger partial charge < -0.3 is 19.5 Å². The smallest absolute Gasteiger partial charge is 0.295 e. The number of likely N-dealkylation sites (tertiary alicyclic amines) is 1. The summed E-state index contributed by atoms with van der Waals surface area (Å²) in [4.78, 5) is 31.8. The molecule has 0 aliphatic carbocycles. The number of rotatable bonds is 7. The van der Waals surface area contributed by atoms with Gasteiger partial charge in [-0.25, -0.2) is 0 Å². The Morgan fingerprint density at radius 3 is 2.33 bits per heavy atom. The summed E-state index contributed by atoms with van der Waals surface area (Å²) >= 11 is 0. The van der Waals surface area contributed by atoms with Crippen molar-refractivity contribution in [3.05, 3.63) is 95.3 Å². The van der Waals surface area contributed by atoms with Gasteiger partial charge in [-0.1, -0.05) is 18.2 Å². The molecule has 3 aromatic rings. The van der Waals surface area contributed by atoms with Gasteiger partial charge in [0.25, 0.3) is 11.7 Å². The Hall–Kier alpha value is -4.13. The third-order valence-electron chi connectivity index (χ3n) is 5.49. The predicted molar refractivity (Wildman–Crippen MR) is 123 cm³/mol. The second-order valence-corrected chi connectivity index (χ2v) is 7.52. The number of ketones is 1. The molecule has 1 amide bonds. The van der Waals surface area contributed by atoms with E-state index in [0.29, 0.717) is 29.2 Å². The molecule has 0 bridgehead atoms. The molecule has 1 aliphatic rings. The van der Waals surface area contributed by atoms with Gasteiger partial charge >= 0.3 is 0 Å². The summed E-state index contributed by atoms with van der Waals surface area (Å²) in [6, 6.07) is 16.7. The molecule has 0 radical (unpaired) electrons. The van der Waals surface area contributed by atoms with Crippen LogP contribution in [0.25, 0.3) is 5.76 Å². The van der Waals surface area contributed by atoms with Crippen LogP contribution in [0.2, 0.25) is 0 Å². The van der Waals surface area contributed by atoms with Gasteiger partial charge in [-0.15, -0.1) is 0 Å². The number of pyridine rings is 1. The van der Waals surface area contributed by atoms with Crippen LogP contribution in [0.4, 0.5) is 0 Å². The summed E-state index contributed by atoms with van der Waals surface area (Å²) in [5.41, 5.74) is 1.93. The molecule has 2 aromatic carbocycles. The standard InChI is InChI=1S/C26H24N2O5/c1-3-33-21-12-8-19(9-13-21)24(29)22-23(18-6-10-20(32-2)11-7-18)28(26(31)25(22)30)16-17-5-4-14-27-15-17/h4-15,23,29H,3,16H2,1-2H3. The van der Waals surface area contributed by atoms with Crippen molar-refractivity contribution in [3.8, 4) is 11.5 Å². The molecule has 1 atom stereocenters. The molecule has 0 saturated carbocycles. The molecule has 7 nitrogen and oxygen atoms in total. The summed E-state index contributed by atoms with van der Waals surface area (Å²) in [5, 5.41) is 11.1. The Morgan fingerprint density at radius 1 is 1.03 bits per heavy atom. The van der Waals surface area contributed by atoms with Crippen LogP contribution in [0.15, 0.2) is 78.6 Å². The van der Waals surface area contributed by atoms with Gasteiger partial charge in [-0.2, -0.15) is 0 Å². The normalized spacial score (nSPS) is 17.3. The number of hydrogen-bond acceptors (Lipinski definition) is 6. The second kappa shape index (κ2) is 9.56. The summed E-state index contributed by atoms with van der Waals surface area (Å²) in [5.74, 6) is -0.337. The van der Waals surface area contributed by atoms with Crippen molar-refractivity contribution in [2.24, 2.45) is 0 Å². The number of Topliss-reactive ketones (excluding diaryl/α,β-unsaturated/α-hetero) is 1. The number of carbonyl (C=O) groups excluding carboxylic acids is 2. The molecule has 4 rings (SSSR count). The summed E-state index contributed by atoms with van der Waals surface area (Å²) < 4.78 is 10.7. The fraction of sp³-hybridized carbons (Fsp3) is 0.192. The molecule has 1 aliphatic heterocycles. The van der Waals surface area contributed by atoms with Crippen molar-refractivity contribution in [3.63, 3.8) is 0 Å². The van der Waals surface area contributed by atoms with Crippen molar-refractivity contribution in [2.75, 3.05) is 13.7 Å². The largest absolute Gasteiger partial charge is 0.507 e.